The van der Waals surface area contributed by atoms with Gasteiger partial charge in [0.05, 0.1) is 11.0 Å². The molecule has 2 aliphatic carbocycles. The Hall–Kier alpha value is -1.73. The summed E-state index contributed by atoms with van der Waals surface area (Å²) in [7, 11) is 0. The van der Waals surface area contributed by atoms with Gasteiger partial charge in [-0.15, -0.1) is 30.2 Å². The summed E-state index contributed by atoms with van der Waals surface area (Å²) in [5.41, 5.74) is 4.94. The van der Waals surface area contributed by atoms with Gasteiger partial charge in [0.15, 0.2) is 5.78 Å². The normalized spacial score (nSPS) is 25.3. The number of carboxylic acid groups (broad SMARTS) is 1. The number of allylic oxidation sites excluding steroid dienone is 2. The molecule has 4 atom stereocenters. The molecule has 0 amide bonds. The van der Waals surface area contributed by atoms with E-state index in [2.05, 4.69) is 30.2 Å². The van der Waals surface area contributed by atoms with Crippen LogP contribution in [-0.4, -0.2) is 28.1 Å². The van der Waals surface area contributed by atoms with Crippen molar-refractivity contribution in [2.45, 2.75) is 58.5 Å². The number of aliphatic carboxylic acids is 1. The van der Waals surface area contributed by atoms with E-state index in [0.29, 0.717) is 29.7 Å². The average Bonchev–Trinajstić information content (AvgIpc) is 3.09. The smallest absolute Gasteiger partial charge is 0.303 e. The third-order valence-electron chi connectivity index (χ3n) is 5.17. The maximum absolute atomic E-state index is 12.3. The molecule has 140 valence electrons. The van der Waals surface area contributed by atoms with Crippen LogP contribution in [0.2, 0.25) is 0 Å². The summed E-state index contributed by atoms with van der Waals surface area (Å²) in [5, 5.41) is 19.1. The van der Waals surface area contributed by atoms with Crippen LogP contribution in [0.4, 0.5) is 0 Å². The molecule has 5 heteroatoms. The quantitative estimate of drug-likeness (QED) is 0.219. The first-order chi connectivity index (χ1) is 12.3. The second-order valence-electron chi connectivity index (χ2n) is 7.17. The van der Waals surface area contributed by atoms with Crippen molar-refractivity contribution in [2.24, 2.45) is 17.8 Å². The van der Waals surface area contributed by atoms with Crippen LogP contribution in [0.15, 0.2) is 27.9 Å². The van der Waals surface area contributed by atoms with Crippen LogP contribution in [0.25, 0.3) is 0 Å². The van der Waals surface area contributed by atoms with Gasteiger partial charge in [0.1, 0.15) is 0 Å². The molecule has 0 bridgehead atoms. The molecule has 0 aromatic rings. The molecular weight excluding hydrogens is 348 g/mol. The molecule has 4 nitrogen and oxygen atoms in total. The molecule has 0 spiro atoms. The molecule has 2 rings (SSSR count). The number of ketones is 1. The molecule has 0 radical (unpaired) electrons. The summed E-state index contributed by atoms with van der Waals surface area (Å²) in [6.07, 6.45) is 4.55. The molecule has 2 N–H and O–H groups in total. The lowest BCUT2D eigenvalue weighted by Gasteiger charge is -2.15. The minimum atomic E-state index is -0.797. The lowest BCUT2D eigenvalue weighted by molar-refractivity contribution is -0.136. The van der Waals surface area contributed by atoms with Gasteiger partial charge >= 0.3 is 5.97 Å². The summed E-state index contributed by atoms with van der Waals surface area (Å²) in [6.45, 7) is 3.66. The van der Waals surface area contributed by atoms with Crippen LogP contribution in [0.5, 0.6) is 0 Å². The summed E-state index contributed by atoms with van der Waals surface area (Å²) >= 11 is 4.39. The third-order valence-corrected chi connectivity index (χ3v) is 5.54. The molecule has 2 saturated carbocycles. The van der Waals surface area contributed by atoms with Crippen LogP contribution in [-0.2, 0) is 9.59 Å². The summed E-state index contributed by atoms with van der Waals surface area (Å²) in [5.74, 6) is 5.35. The van der Waals surface area contributed by atoms with Gasteiger partial charge in [-0.05, 0) is 38.0 Å². The topological polar surface area (TPSA) is 74.6 Å². The SMILES string of the molecule is CC#CC[C@H](C)[C@H](O)C(S)=C=C1C(=O)CC2C/C(=C/CCC(=O)O)C[C@H]12. The fourth-order valence-corrected chi connectivity index (χ4v) is 4.08. The van der Waals surface area contributed by atoms with E-state index >= 15 is 0 Å². The second kappa shape index (κ2) is 9.28. The van der Waals surface area contributed by atoms with E-state index in [0.717, 1.165) is 12.8 Å². The molecule has 1 unspecified atom stereocenters. The summed E-state index contributed by atoms with van der Waals surface area (Å²) in [4.78, 5) is 23.4. The van der Waals surface area contributed by atoms with Crippen molar-refractivity contribution in [2.75, 3.05) is 0 Å². The number of aliphatic hydroxyl groups is 1. The number of Topliss-reactive ketones (excluding diaryl/α,β-unsaturated/α-hetero) is 1. The van der Waals surface area contributed by atoms with Crippen molar-refractivity contribution in [3.05, 3.63) is 27.9 Å². The highest BCUT2D eigenvalue weighted by atomic mass is 32.1. The number of aliphatic hydroxyl groups excluding tert-OH is 1. The van der Waals surface area contributed by atoms with Crippen molar-refractivity contribution >= 4 is 24.4 Å². The van der Waals surface area contributed by atoms with Crippen LogP contribution in [0.1, 0.15) is 52.4 Å². The van der Waals surface area contributed by atoms with Gasteiger partial charge < -0.3 is 10.2 Å². The number of carbonyl (C=O) groups is 2. The molecule has 0 aromatic heterocycles. The van der Waals surface area contributed by atoms with Crippen molar-refractivity contribution in [1.82, 2.24) is 0 Å². The van der Waals surface area contributed by atoms with Crippen LogP contribution in [0, 0.1) is 29.6 Å². The van der Waals surface area contributed by atoms with Gasteiger partial charge in [0, 0.05) is 30.8 Å². The minimum absolute atomic E-state index is 0.0783. The van der Waals surface area contributed by atoms with Crippen molar-refractivity contribution in [3.63, 3.8) is 0 Å². The lowest BCUT2D eigenvalue weighted by atomic mass is 9.96. The molecule has 0 saturated heterocycles. The number of carbonyl (C=O) groups excluding carboxylic acids is 1. The van der Waals surface area contributed by atoms with Crippen molar-refractivity contribution < 1.29 is 19.8 Å². The van der Waals surface area contributed by atoms with Gasteiger partial charge in [-0.2, -0.15) is 0 Å². The molecule has 26 heavy (non-hydrogen) atoms. The van der Waals surface area contributed by atoms with Crippen LogP contribution < -0.4 is 0 Å². The summed E-state index contributed by atoms with van der Waals surface area (Å²) < 4.78 is 0. The number of rotatable bonds is 6. The molecule has 2 fully saturated rings. The van der Waals surface area contributed by atoms with E-state index in [1.807, 2.05) is 13.0 Å². The zero-order valence-electron chi connectivity index (χ0n) is 15.3. The number of thiol groups is 1. The van der Waals surface area contributed by atoms with E-state index < -0.39 is 12.1 Å². The minimum Gasteiger partial charge on any atom is -0.481 e. The molecule has 0 aliphatic heterocycles. The molecule has 0 aromatic carbocycles. The predicted molar refractivity (Wildman–Crippen MR) is 104 cm³/mol. The van der Waals surface area contributed by atoms with E-state index in [9.17, 15) is 14.7 Å². The first kappa shape index (κ1) is 20.6. The maximum Gasteiger partial charge on any atom is 0.303 e. The first-order valence-corrected chi connectivity index (χ1v) is 9.48. The predicted octanol–water partition coefficient (Wildman–Crippen LogP) is 3.53. The largest absolute Gasteiger partial charge is 0.481 e. The Morgan fingerprint density at radius 2 is 2.12 bits per heavy atom. The van der Waals surface area contributed by atoms with Gasteiger partial charge in [-0.25, -0.2) is 0 Å². The highest BCUT2D eigenvalue weighted by Gasteiger charge is 2.42. The molecule has 0 heterocycles. The van der Waals surface area contributed by atoms with Gasteiger partial charge in [-0.1, -0.05) is 18.6 Å². The Balaban J connectivity index is 2.15. The number of fused-ring (bicyclic) bond motifs is 1. The van der Waals surface area contributed by atoms with Crippen molar-refractivity contribution in [3.8, 4) is 11.8 Å². The Morgan fingerprint density at radius 1 is 1.38 bits per heavy atom. The monoisotopic (exact) mass is 374 g/mol. The zero-order valence-corrected chi connectivity index (χ0v) is 16.2. The van der Waals surface area contributed by atoms with Crippen LogP contribution >= 0.6 is 12.6 Å². The fourth-order valence-electron chi connectivity index (χ4n) is 3.70. The summed E-state index contributed by atoms with van der Waals surface area (Å²) in [6, 6.07) is 0. The second-order valence-corrected chi connectivity index (χ2v) is 7.66. The van der Waals surface area contributed by atoms with Gasteiger partial charge in [0.25, 0.3) is 0 Å². The van der Waals surface area contributed by atoms with Gasteiger partial charge in [-0.3, -0.25) is 9.59 Å². The highest BCUT2D eigenvalue weighted by molar-refractivity contribution is 7.84. The van der Waals surface area contributed by atoms with Crippen molar-refractivity contribution in [1.29, 1.82) is 0 Å². The Labute approximate surface area is 160 Å². The molecular formula is C21H26O4S. The zero-order chi connectivity index (χ0) is 19.3. The van der Waals surface area contributed by atoms with E-state index in [-0.39, 0.29) is 30.0 Å². The van der Waals surface area contributed by atoms with Gasteiger partial charge in [0.2, 0.25) is 0 Å². The average molecular weight is 375 g/mol. The molecule has 2 aliphatic rings. The van der Waals surface area contributed by atoms with E-state index in [4.69, 9.17) is 5.11 Å². The first-order valence-electron chi connectivity index (χ1n) is 9.03. The lowest BCUT2D eigenvalue weighted by Crippen LogP contribution is -2.17. The highest BCUT2D eigenvalue weighted by Crippen LogP contribution is 2.48. The third kappa shape index (κ3) is 5.14. The standard InChI is InChI=1S/C21H26O4S/c1-3-4-6-13(2)21(25)19(26)12-17-16-10-14(7-5-8-20(23)24)9-15(16)11-18(17)22/h7,13,15-16,21,25-26H,5-6,8-11H2,1-2H3,(H,23,24)/b14-7-/t12?,13-,15?,16-,21-/m0/s1. The van der Waals surface area contributed by atoms with Crippen LogP contribution in [0.3, 0.4) is 0 Å². The number of hydrogen-bond donors (Lipinski definition) is 3. The maximum atomic E-state index is 12.3. The fraction of sp³-hybridized carbons (Fsp3) is 0.571. The number of hydrogen-bond acceptors (Lipinski definition) is 4. The van der Waals surface area contributed by atoms with E-state index in [1.54, 1.807) is 6.92 Å². The Morgan fingerprint density at radius 3 is 2.77 bits per heavy atom. The number of carboxylic acids is 1. The Kier molecular flexibility index (Phi) is 7.34. The Bertz CT molecular complexity index is 731. The van der Waals surface area contributed by atoms with E-state index in [1.165, 1.54) is 5.57 Å².